The minimum Gasteiger partial charge on any atom is -0.467 e. The number of hydrogen-bond donors (Lipinski definition) is 1. The Bertz CT molecular complexity index is 667. The number of carbonyl (C=O) groups is 1. The van der Waals surface area contributed by atoms with Gasteiger partial charge in [0.15, 0.2) is 6.61 Å². The van der Waals surface area contributed by atoms with E-state index < -0.39 is 18.7 Å². The second kappa shape index (κ2) is 6.69. The molecule has 0 saturated carbocycles. The molecule has 0 fully saturated rings. The molecule has 116 valence electrons. The summed E-state index contributed by atoms with van der Waals surface area (Å²) in [5, 5.41) is 2.51. The maximum absolute atomic E-state index is 12.1. The fourth-order valence-electron chi connectivity index (χ4n) is 1.37. The van der Waals surface area contributed by atoms with Crippen molar-refractivity contribution < 1.29 is 22.7 Å². The topological polar surface area (TPSA) is 77.0 Å². The Hall–Kier alpha value is -2.23. The lowest BCUT2D eigenvalue weighted by atomic mass is 10.3. The van der Waals surface area contributed by atoms with Crippen LogP contribution < -0.4 is 10.1 Å². The third-order valence-corrected chi connectivity index (χ3v) is 2.83. The van der Waals surface area contributed by atoms with Crippen molar-refractivity contribution in [3.05, 3.63) is 41.0 Å². The molecule has 0 unspecified atom stereocenters. The molecule has 0 aliphatic carbocycles. The molecule has 0 saturated heterocycles. The molecule has 2 aromatic rings. The number of rotatable bonds is 4. The van der Waals surface area contributed by atoms with Crippen molar-refractivity contribution in [1.29, 1.82) is 0 Å². The van der Waals surface area contributed by atoms with Gasteiger partial charge in [-0.1, -0.05) is 0 Å². The van der Waals surface area contributed by atoms with Crippen LogP contribution in [0.4, 0.5) is 18.9 Å². The quantitative estimate of drug-likeness (QED) is 0.887. The van der Waals surface area contributed by atoms with E-state index in [1.54, 1.807) is 0 Å². The van der Waals surface area contributed by atoms with Gasteiger partial charge in [0.2, 0.25) is 5.88 Å². The van der Waals surface area contributed by atoms with Crippen LogP contribution in [-0.4, -0.2) is 33.6 Å². The Morgan fingerprint density at radius 1 is 1.27 bits per heavy atom. The number of aromatic nitrogens is 3. The maximum Gasteiger partial charge on any atom is 0.422 e. The number of pyridine rings is 1. The van der Waals surface area contributed by atoms with Crippen LogP contribution in [0.15, 0.2) is 35.5 Å². The van der Waals surface area contributed by atoms with Crippen LogP contribution in [-0.2, 0) is 0 Å². The highest BCUT2D eigenvalue weighted by Crippen LogP contribution is 2.27. The fourth-order valence-corrected chi connectivity index (χ4v) is 1.83. The molecule has 2 heterocycles. The second-order valence-electron chi connectivity index (χ2n) is 4.00. The number of hydrogen-bond acceptors (Lipinski definition) is 5. The van der Waals surface area contributed by atoms with Crippen LogP contribution in [0.25, 0.3) is 0 Å². The molecule has 22 heavy (non-hydrogen) atoms. The molecule has 2 aromatic heterocycles. The Morgan fingerprint density at radius 3 is 2.55 bits per heavy atom. The van der Waals surface area contributed by atoms with Gasteiger partial charge < -0.3 is 10.1 Å². The highest BCUT2D eigenvalue weighted by Gasteiger charge is 2.29. The summed E-state index contributed by atoms with van der Waals surface area (Å²) in [6.07, 6.45) is 0.651. The highest BCUT2D eigenvalue weighted by atomic mass is 79.9. The summed E-state index contributed by atoms with van der Waals surface area (Å²) in [6, 6.07) is 1.38. The van der Waals surface area contributed by atoms with E-state index in [2.05, 4.69) is 40.9 Å². The number of halogens is 4. The standard InChI is InChI=1S/C12H8BrF3N4O2/c13-9-1-8(4-19-11(9)22-5-12(14,15)16)20-10(21)7-2-17-6-18-3-7/h1-4,6H,5H2,(H,20,21). The van der Waals surface area contributed by atoms with Crippen molar-refractivity contribution in [3.63, 3.8) is 0 Å². The van der Waals surface area contributed by atoms with Crippen molar-refractivity contribution in [2.45, 2.75) is 6.18 Å². The first-order valence-electron chi connectivity index (χ1n) is 5.76. The van der Waals surface area contributed by atoms with Crippen molar-refractivity contribution in [2.75, 3.05) is 11.9 Å². The summed E-state index contributed by atoms with van der Waals surface area (Å²) in [5.74, 6) is -0.698. The Morgan fingerprint density at radius 2 is 1.95 bits per heavy atom. The van der Waals surface area contributed by atoms with Crippen molar-refractivity contribution in [1.82, 2.24) is 15.0 Å². The van der Waals surface area contributed by atoms with Gasteiger partial charge in [0.25, 0.3) is 5.91 Å². The van der Waals surface area contributed by atoms with E-state index in [-0.39, 0.29) is 21.6 Å². The minimum atomic E-state index is -4.46. The molecule has 6 nitrogen and oxygen atoms in total. The molecule has 2 rings (SSSR count). The number of anilines is 1. The van der Waals surface area contributed by atoms with Gasteiger partial charge >= 0.3 is 6.18 Å². The molecule has 0 atom stereocenters. The van der Waals surface area contributed by atoms with E-state index in [1.807, 2.05) is 0 Å². The van der Waals surface area contributed by atoms with E-state index in [0.29, 0.717) is 0 Å². The Kier molecular flexibility index (Phi) is 4.91. The van der Waals surface area contributed by atoms with Crippen molar-refractivity contribution >= 4 is 27.5 Å². The van der Waals surface area contributed by atoms with Gasteiger partial charge in [0.05, 0.1) is 21.9 Å². The number of ether oxygens (including phenoxy) is 1. The predicted octanol–water partition coefficient (Wildman–Crippen LogP) is 2.83. The van der Waals surface area contributed by atoms with Crippen LogP contribution in [0.1, 0.15) is 10.4 Å². The van der Waals surface area contributed by atoms with Crippen LogP contribution in [0.2, 0.25) is 0 Å². The zero-order chi connectivity index (χ0) is 16.2. The number of alkyl halides is 3. The molecule has 10 heteroatoms. The van der Waals surface area contributed by atoms with E-state index in [9.17, 15) is 18.0 Å². The van der Waals surface area contributed by atoms with E-state index in [4.69, 9.17) is 0 Å². The smallest absolute Gasteiger partial charge is 0.422 e. The van der Waals surface area contributed by atoms with Gasteiger partial charge in [0.1, 0.15) is 6.33 Å². The zero-order valence-corrected chi connectivity index (χ0v) is 12.3. The fraction of sp³-hybridized carbons (Fsp3) is 0.167. The molecule has 0 aliphatic heterocycles. The van der Waals surface area contributed by atoms with Crippen LogP contribution >= 0.6 is 15.9 Å². The number of nitrogens with one attached hydrogen (secondary N) is 1. The van der Waals surface area contributed by atoms with Crippen molar-refractivity contribution in [3.8, 4) is 5.88 Å². The number of nitrogens with zero attached hydrogens (tertiary/aromatic N) is 3. The molecule has 0 aromatic carbocycles. The monoisotopic (exact) mass is 376 g/mol. The van der Waals surface area contributed by atoms with Gasteiger partial charge in [-0.3, -0.25) is 4.79 Å². The summed E-state index contributed by atoms with van der Waals surface area (Å²) in [6.45, 7) is -1.45. The second-order valence-corrected chi connectivity index (χ2v) is 4.85. The van der Waals surface area contributed by atoms with E-state index in [1.165, 1.54) is 31.0 Å². The zero-order valence-electron chi connectivity index (χ0n) is 10.8. The Balaban J connectivity index is 2.05. The van der Waals surface area contributed by atoms with Crippen LogP contribution in [0.3, 0.4) is 0 Å². The third kappa shape index (κ3) is 4.65. The SMILES string of the molecule is O=C(Nc1cnc(OCC(F)(F)F)c(Br)c1)c1cncnc1. The summed E-state index contributed by atoms with van der Waals surface area (Å²) in [4.78, 5) is 23.0. The first kappa shape index (κ1) is 16.1. The lowest BCUT2D eigenvalue weighted by Gasteiger charge is -2.11. The maximum atomic E-state index is 12.1. The predicted molar refractivity (Wildman–Crippen MR) is 73.5 cm³/mol. The van der Waals surface area contributed by atoms with E-state index >= 15 is 0 Å². The van der Waals surface area contributed by atoms with Gasteiger partial charge in [-0.2, -0.15) is 13.2 Å². The summed E-state index contributed by atoms with van der Waals surface area (Å²) in [5.41, 5.74) is 0.510. The van der Waals surface area contributed by atoms with Gasteiger partial charge in [-0.15, -0.1) is 0 Å². The lowest BCUT2D eigenvalue weighted by molar-refractivity contribution is -0.154. The summed E-state index contributed by atoms with van der Waals surface area (Å²) in [7, 11) is 0. The average Bonchev–Trinajstić information content (AvgIpc) is 2.46. The molecular weight excluding hydrogens is 369 g/mol. The lowest BCUT2D eigenvalue weighted by Crippen LogP contribution is -2.20. The molecule has 0 aliphatic rings. The number of amides is 1. The first-order valence-corrected chi connectivity index (χ1v) is 6.56. The van der Waals surface area contributed by atoms with Gasteiger partial charge in [-0.25, -0.2) is 15.0 Å². The Labute approximate surface area is 130 Å². The summed E-state index contributed by atoms with van der Waals surface area (Å²) < 4.78 is 40.9. The van der Waals surface area contributed by atoms with Crippen LogP contribution in [0.5, 0.6) is 5.88 Å². The van der Waals surface area contributed by atoms with Crippen molar-refractivity contribution in [2.24, 2.45) is 0 Å². The molecule has 0 bridgehead atoms. The third-order valence-electron chi connectivity index (χ3n) is 2.26. The number of carbonyl (C=O) groups excluding carboxylic acids is 1. The highest BCUT2D eigenvalue weighted by molar-refractivity contribution is 9.10. The molecule has 0 spiro atoms. The average molecular weight is 377 g/mol. The normalized spacial score (nSPS) is 11.1. The van der Waals surface area contributed by atoms with E-state index in [0.717, 1.165) is 0 Å². The first-order chi connectivity index (χ1) is 10.3. The minimum absolute atomic E-state index is 0.180. The molecular formula is C12H8BrF3N4O2. The molecule has 1 N–H and O–H groups in total. The van der Waals surface area contributed by atoms with Gasteiger partial charge in [0, 0.05) is 12.4 Å². The largest absolute Gasteiger partial charge is 0.467 e. The van der Waals surface area contributed by atoms with Gasteiger partial charge in [-0.05, 0) is 22.0 Å². The van der Waals surface area contributed by atoms with Crippen LogP contribution in [0, 0.1) is 0 Å². The summed E-state index contributed by atoms with van der Waals surface area (Å²) >= 11 is 3.03. The molecule has 0 radical (unpaired) electrons. The molecule has 1 amide bonds.